The molecule has 0 saturated carbocycles. The predicted octanol–water partition coefficient (Wildman–Crippen LogP) is 2.62. The van der Waals surface area contributed by atoms with Crippen molar-refractivity contribution in [3.8, 4) is 0 Å². The molecule has 0 atom stereocenters. The van der Waals surface area contributed by atoms with E-state index in [1.54, 1.807) is 62.1 Å². The van der Waals surface area contributed by atoms with Gasteiger partial charge in [-0.1, -0.05) is 32.9 Å². The van der Waals surface area contributed by atoms with E-state index in [-0.39, 0.29) is 15.7 Å². The van der Waals surface area contributed by atoms with Crippen LogP contribution in [0, 0.1) is 0 Å². The van der Waals surface area contributed by atoms with Crippen molar-refractivity contribution in [2.24, 2.45) is 0 Å². The van der Waals surface area contributed by atoms with Crippen molar-refractivity contribution in [2.75, 3.05) is 31.1 Å². The molecule has 8 nitrogen and oxygen atoms in total. The number of nitrogens with zero attached hydrogens (tertiary/aromatic N) is 2. The third kappa shape index (κ3) is 5.35. The van der Waals surface area contributed by atoms with Gasteiger partial charge in [0, 0.05) is 37.9 Å². The van der Waals surface area contributed by atoms with Crippen molar-refractivity contribution in [3.63, 3.8) is 0 Å². The normalized spacial score (nSPS) is 14.2. The van der Waals surface area contributed by atoms with Crippen LogP contribution >= 0.6 is 0 Å². The quantitative estimate of drug-likeness (QED) is 0.543. The van der Waals surface area contributed by atoms with Gasteiger partial charge in [0.05, 0.1) is 9.79 Å². The lowest BCUT2D eigenvalue weighted by Crippen LogP contribution is -2.30. The highest BCUT2D eigenvalue weighted by Crippen LogP contribution is 2.31. The Morgan fingerprint density at radius 3 is 2.24 bits per heavy atom. The van der Waals surface area contributed by atoms with E-state index in [9.17, 15) is 21.6 Å². The molecule has 33 heavy (non-hydrogen) atoms. The largest absolute Gasteiger partial charge is 0.308 e. The average Bonchev–Trinajstić information content (AvgIpc) is 3.22. The number of nitrogens with one attached hydrogen (secondary N) is 1. The molecule has 1 N–H and O–H groups in total. The summed E-state index contributed by atoms with van der Waals surface area (Å²) in [4.78, 5) is 14.8. The van der Waals surface area contributed by atoms with Crippen molar-refractivity contribution in [1.29, 1.82) is 0 Å². The topological polar surface area (TPSA) is 104 Å². The predicted molar refractivity (Wildman–Crippen MR) is 129 cm³/mol. The Morgan fingerprint density at radius 2 is 1.64 bits per heavy atom. The van der Waals surface area contributed by atoms with Crippen LogP contribution in [0.25, 0.3) is 6.08 Å². The molecular formula is C23H29N3O5S2. The van der Waals surface area contributed by atoms with Crippen LogP contribution in [-0.4, -0.2) is 53.2 Å². The second-order valence-corrected chi connectivity index (χ2v) is 11.2. The van der Waals surface area contributed by atoms with Crippen LogP contribution in [0.5, 0.6) is 0 Å². The van der Waals surface area contributed by atoms with Gasteiger partial charge in [-0.05, 0) is 54.0 Å². The summed E-state index contributed by atoms with van der Waals surface area (Å²) in [5.41, 5.74) is 2.22. The Kier molecular flexibility index (Phi) is 7.73. The van der Waals surface area contributed by atoms with Gasteiger partial charge in [-0.3, -0.25) is 4.79 Å². The first-order valence-electron chi connectivity index (χ1n) is 10.9. The van der Waals surface area contributed by atoms with Crippen LogP contribution in [0.1, 0.15) is 31.9 Å². The molecule has 0 saturated heterocycles. The number of amides is 1. The molecular weight excluding hydrogens is 462 g/mol. The summed E-state index contributed by atoms with van der Waals surface area (Å²) >= 11 is 0. The Morgan fingerprint density at radius 1 is 1.00 bits per heavy atom. The number of rotatable bonds is 9. The molecule has 0 aliphatic carbocycles. The highest BCUT2D eigenvalue weighted by Gasteiger charge is 2.27. The minimum atomic E-state index is -3.56. The Labute approximate surface area is 196 Å². The summed E-state index contributed by atoms with van der Waals surface area (Å²) in [6.07, 6.45) is 3.64. The third-order valence-corrected chi connectivity index (χ3v) is 9.11. The maximum Gasteiger partial charge on any atom is 0.251 e. The van der Waals surface area contributed by atoms with E-state index in [0.29, 0.717) is 43.9 Å². The zero-order chi connectivity index (χ0) is 24.2. The van der Waals surface area contributed by atoms with Gasteiger partial charge >= 0.3 is 0 Å². The highest BCUT2D eigenvalue weighted by molar-refractivity contribution is 7.89. The number of sulfonamides is 2. The number of hydrogen-bond donors (Lipinski definition) is 1. The summed E-state index contributed by atoms with van der Waals surface area (Å²) in [5, 5.41) is 0. The van der Waals surface area contributed by atoms with Crippen molar-refractivity contribution < 1.29 is 21.6 Å². The van der Waals surface area contributed by atoms with E-state index in [1.165, 1.54) is 22.5 Å². The van der Waals surface area contributed by atoms with Crippen LogP contribution in [0.4, 0.5) is 5.69 Å². The molecule has 10 heteroatoms. The smallest absolute Gasteiger partial charge is 0.251 e. The molecule has 0 fully saturated rings. The fourth-order valence-electron chi connectivity index (χ4n) is 3.77. The summed E-state index contributed by atoms with van der Waals surface area (Å²) in [7, 11) is -7.08. The number of carbonyl (C=O) groups excluding carboxylic acids is 1. The SMILES string of the molecule is CCNS(=O)(=O)c1ccc(/C=C/C(=O)N2CCc3cc(S(=O)(=O)N(CC)CC)ccc32)cc1. The van der Waals surface area contributed by atoms with Gasteiger partial charge in [-0.25, -0.2) is 21.6 Å². The summed E-state index contributed by atoms with van der Waals surface area (Å²) in [5.74, 6) is -0.225. The van der Waals surface area contributed by atoms with Crippen LogP contribution in [0.3, 0.4) is 0 Å². The van der Waals surface area contributed by atoms with Crippen LogP contribution < -0.4 is 9.62 Å². The van der Waals surface area contributed by atoms with E-state index in [4.69, 9.17) is 0 Å². The maximum atomic E-state index is 12.8. The standard InChI is InChI=1S/C23H29N3O5S2/c1-4-24-32(28,29)20-10-7-18(8-11-20)9-14-23(27)26-16-15-19-17-21(12-13-22(19)26)33(30,31)25(5-2)6-3/h7-14,17,24H,4-6,15-16H2,1-3H3/b14-9+. The number of carbonyl (C=O) groups is 1. The van der Waals surface area contributed by atoms with Gasteiger partial charge in [0.15, 0.2) is 0 Å². The Hall–Kier alpha value is -2.53. The molecule has 0 aromatic heterocycles. The highest BCUT2D eigenvalue weighted by atomic mass is 32.2. The fraction of sp³-hybridized carbons (Fsp3) is 0.348. The van der Waals surface area contributed by atoms with E-state index in [0.717, 1.165) is 5.56 Å². The number of hydrogen-bond acceptors (Lipinski definition) is 5. The average molecular weight is 492 g/mol. The molecule has 0 bridgehead atoms. The van der Waals surface area contributed by atoms with Crippen molar-refractivity contribution >= 4 is 37.7 Å². The number of fused-ring (bicyclic) bond motifs is 1. The van der Waals surface area contributed by atoms with E-state index >= 15 is 0 Å². The van der Waals surface area contributed by atoms with Crippen molar-refractivity contribution in [1.82, 2.24) is 9.03 Å². The molecule has 0 unspecified atom stereocenters. The Balaban J connectivity index is 1.75. The van der Waals surface area contributed by atoms with Gasteiger partial charge in [0.25, 0.3) is 5.91 Å². The molecule has 0 spiro atoms. The molecule has 1 heterocycles. The first kappa shape index (κ1) is 25.1. The lowest BCUT2D eigenvalue weighted by atomic mass is 10.2. The second kappa shape index (κ2) is 10.2. The van der Waals surface area contributed by atoms with E-state index in [1.807, 2.05) is 0 Å². The minimum absolute atomic E-state index is 0.164. The molecule has 2 aromatic carbocycles. The molecule has 3 rings (SSSR count). The lowest BCUT2D eigenvalue weighted by Gasteiger charge is -2.19. The van der Waals surface area contributed by atoms with Gasteiger partial charge in [0.2, 0.25) is 20.0 Å². The van der Waals surface area contributed by atoms with E-state index < -0.39 is 20.0 Å². The zero-order valence-electron chi connectivity index (χ0n) is 19.0. The minimum Gasteiger partial charge on any atom is -0.308 e. The van der Waals surface area contributed by atoms with Crippen molar-refractivity contribution in [3.05, 3.63) is 59.7 Å². The van der Waals surface area contributed by atoms with Crippen LogP contribution in [0.15, 0.2) is 58.3 Å². The van der Waals surface area contributed by atoms with Crippen molar-refractivity contribution in [2.45, 2.75) is 37.0 Å². The monoisotopic (exact) mass is 491 g/mol. The van der Waals surface area contributed by atoms with E-state index in [2.05, 4.69) is 4.72 Å². The van der Waals surface area contributed by atoms with Gasteiger partial charge in [0.1, 0.15) is 0 Å². The van der Waals surface area contributed by atoms with Gasteiger partial charge < -0.3 is 4.90 Å². The first-order valence-corrected chi connectivity index (χ1v) is 13.8. The number of benzene rings is 2. The molecule has 178 valence electrons. The maximum absolute atomic E-state index is 12.8. The van der Waals surface area contributed by atoms with Gasteiger partial charge in [-0.15, -0.1) is 0 Å². The fourth-order valence-corrected chi connectivity index (χ4v) is 6.32. The molecule has 0 radical (unpaired) electrons. The summed E-state index contributed by atoms with van der Waals surface area (Å²) < 4.78 is 53.5. The molecule has 1 aliphatic rings. The number of anilines is 1. The summed E-state index contributed by atoms with van der Waals surface area (Å²) in [6.45, 7) is 6.87. The van der Waals surface area contributed by atoms with Gasteiger partial charge in [-0.2, -0.15) is 4.31 Å². The third-order valence-electron chi connectivity index (χ3n) is 5.50. The molecule has 1 amide bonds. The van der Waals surface area contributed by atoms with Crippen LogP contribution in [0.2, 0.25) is 0 Å². The van der Waals surface area contributed by atoms with Crippen LogP contribution in [-0.2, 0) is 31.3 Å². The first-order chi connectivity index (χ1) is 15.6. The summed E-state index contributed by atoms with van der Waals surface area (Å²) in [6, 6.07) is 11.1. The molecule has 2 aromatic rings. The zero-order valence-corrected chi connectivity index (χ0v) is 20.6. The lowest BCUT2D eigenvalue weighted by molar-refractivity contribution is -0.114. The second-order valence-electron chi connectivity index (χ2n) is 7.52. The Bertz CT molecular complexity index is 1250. The molecule has 1 aliphatic heterocycles.